The molecule has 0 aliphatic carbocycles. The van der Waals surface area contributed by atoms with Gasteiger partial charge < -0.3 is 2.85 Å². The second-order valence-corrected chi connectivity index (χ2v) is 1.34. The van der Waals surface area contributed by atoms with Crippen molar-refractivity contribution in [1.82, 2.24) is 0 Å². The normalized spacial score (nSPS) is 7.25. The van der Waals surface area contributed by atoms with Gasteiger partial charge in [-0.3, -0.25) is 9.11 Å². The van der Waals surface area contributed by atoms with Crippen molar-refractivity contribution in [2.45, 2.75) is 0 Å². The van der Waals surface area contributed by atoms with E-state index in [4.69, 9.17) is 17.5 Å². The Balaban J connectivity index is -0.00000000800. The second-order valence-electron chi connectivity index (χ2n) is 0.448. The molecule has 0 spiro atoms. The molecule has 0 radical (unpaired) electrons. The average Bonchev–Trinajstić information content (AvgIpc) is 0.722. The van der Waals surface area contributed by atoms with Crippen molar-refractivity contribution in [2.75, 3.05) is 0 Å². The maximum atomic E-state index is 8.74. The fourth-order valence-corrected chi connectivity index (χ4v) is 0. The second kappa shape index (κ2) is 10.6. The van der Waals surface area contributed by atoms with Crippen LogP contribution in [-0.4, -0.2) is 17.5 Å². The van der Waals surface area contributed by atoms with Crippen LogP contribution in [0.2, 0.25) is 0 Å². The van der Waals surface area contributed by atoms with Gasteiger partial charge in [-0.15, -0.1) is 17.0 Å². The minimum Gasteiger partial charge on any atom is -1.00 e. The third-order valence-corrected chi connectivity index (χ3v) is 0. The summed E-state index contributed by atoms with van der Waals surface area (Å²) in [5.74, 6) is 0. The first-order chi connectivity index (χ1) is 2.00. The summed E-state index contributed by atoms with van der Waals surface area (Å²) in [6.07, 6.45) is 0. The van der Waals surface area contributed by atoms with Gasteiger partial charge >= 0.3 is 113 Å². The van der Waals surface area contributed by atoms with Gasteiger partial charge in [0.05, 0.1) is 0 Å². The molecule has 0 aliphatic rings. The van der Waals surface area contributed by atoms with E-state index < -0.39 is 10.4 Å². The molecule has 0 atom stereocenters. The van der Waals surface area contributed by atoms with Gasteiger partial charge in [0.1, 0.15) is 0 Å². The molecule has 0 amide bonds. The zero-order chi connectivity index (χ0) is 4.50. The van der Waals surface area contributed by atoms with E-state index in [0.717, 1.165) is 0 Å². The predicted molar refractivity (Wildman–Crippen MR) is 26.7 cm³/mol. The molecule has 0 bridgehead atoms. The summed E-state index contributed by atoms with van der Waals surface area (Å²) in [5, 5.41) is 0. The third-order valence-electron chi connectivity index (χ3n) is 0. The van der Waals surface area contributed by atoms with E-state index >= 15 is 0 Å². The van der Waals surface area contributed by atoms with Crippen molar-refractivity contribution in [3.05, 3.63) is 0 Å². The van der Waals surface area contributed by atoms with Crippen LogP contribution in [0.15, 0.2) is 0 Å². The van der Waals surface area contributed by atoms with Gasteiger partial charge in [-0.25, -0.2) is 0 Å². The molecule has 2 N–H and O–H groups in total. The Morgan fingerprint density at radius 1 is 1.12 bits per heavy atom. The zero-order valence-electron chi connectivity index (χ0n) is 6.53. The Kier molecular flexibility index (Phi) is 30.0. The van der Waals surface area contributed by atoms with Crippen LogP contribution in [0.25, 0.3) is 0 Å². The van der Waals surface area contributed by atoms with E-state index in [-0.39, 0.29) is 123 Å². The number of hydrogen-bond donors (Lipinski definition) is 2. The smallest absolute Gasteiger partial charge is 1.00 e. The predicted octanol–water partition coefficient (Wildman–Crippen LogP) is -5.84. The van der Waals surface area contributed by atoms with Gasteiger partial charge in [0.25, 0.3) is 0 Å². The largest absolute Gasteiger partial charge is 1.00 e. The molecule has 0 rings (SSSR count). The molecule has 0 aliphatic heterocycles. The van der Waals surface area contributed by atoms with Crippen LogP contribution in [0, 0.1) is 0 Å². The molecule has 0 aromatic heterocycles. The van der Waals surface area contributed by atoms with Gasteiger partial charge in [0.2, 0.25) is 0 Å². The summed E-state index contributed by atoms with van der Waals surface area (Å²) >= 11 is 0. The Morgan fingerprint density at radius 2 is 1.12 bits per heavy atom. The molecule has 8 heavy (non-hydrogen) atoms. The van der Waals surface area contributed by atoms with Gasteiger partial charge in [0, 0.05) is 0 Å². The van der Waals surface area contributed by atoms with E-state index in [0.29, 0.717) is 0 Å². The summed E-state index contributed by atoms with van der Waals surface area (Å²) in [6.45, 7) is 0. The topological polar surface area (TPSA) is 74.6 Å². The molecule has 8 heteroatoms. The van der Waals surface area contributed by atoms with Crippen LogP contribution in [0.1, 0.15) is 2.85 Å². The van der Waals surface area contributed by atoms with Crippen molar-refractivity contribution in [2.24, 2.45) is 0 Å². The summed E-state index contributed by atoms with van der Waals surface area (Å²) in [6, 6.07) is 0. The van der Waals surface area contributed by atoms with E-state index in [9.17, 15) is 0 Å². The van der Waals surface area contributed by atoms with Crippen LogP contribution >= 0.6 is 17.0 Å². The summed E-state index contributed by atoms with van der Waals surface area (Å²) in [4.78, 5) is 0. The van der Waals surface area contributed by atoms with E-state index in [1.165, 1.54) is 0 Å². The standard InChI is InChI=1S/BrH.2K.H2O4S.2H/c;;;1-5(2,3)4;;/h1H;;;(H2,1,2,3,4);;/q;2*+1;;2*-1. The molecule has 0 aromatic rings. The van der Waals surface area contributed by atoms with Gasteiger partial charge in [0.15, 0.2) is 0 Å². The van der Waals surface area contributed by atoms with E-state index in [1.807, 2.05) is 0 Å². The first-order valence-corrected chi connectivity index (χ1v) is 2.10. The van der Waals surface area contributed by atoms with Crippen molar-refractivity contribution < 1.29 is 123 Å². The zero-order valence-corrected chi connectivity index (χ0v) is 13.3. The van der Waals surface area contributed by atoms with Gasteiger partial charge in [-0.1, -0.05) is 0 Å². The summed E-state index contributed by atoms with van der Waals surface area (Å²) in [5.41, 5.74) is 0. The molecular weight excluding hydrogens is 254 g/mol. The fraction of sp³-hybridized carbons (Fsp3) is 0. The van der Waals surface area contributed by atoms with Crippen molar-refractivity contribution in [1.29, 1.82) is 0 Å². The quantitative estimate of drug-likeness (QED) is 0.336. The number of rotatable bonds is 0. The van der Waals surface area contributed by atoms with Crippen molar-refractivity contribution in [3.63, 3.8) is 0 Å². The Morgan fingerprint density at radius 3 is 1.12 bits per heavy atom. The van der Waals surface area contributed by atoms with Gasteiger partial charge in [-0.2, -0.15) is 8.42 Å². The third kappa shape index (κ3) is 54.5. The van der Waals surface area contributed by atoms with Crippen LogP contribution in [0.5, 0.6) is 0 Å². The minimum absolute atomic E-state index is 0. The molecule has 44 valence electrons. The van der Waals surface area contributed by atoms with E-state index in [2.05, 4.69) is 0 Å². The maximum absolute atomic E-state index is 8.74. The Bertz CT molecular complexity index is 104. The number of hydrogen-bond acceptors (Lipinski definition) is 2. The minimum atomic E-state index is -4.67. The molecule has 0 fully saturated rings. The van der Waals surface area contributed by atoms with Gasteiger partial charge in [-0.05, 0) is 0 Å². The monoisotopic (exact) mass is 258 g/mol. The Hall–Kier alpha value is 3.62. The first kappa shape index (κ1) is 22.6. The van der Waals surface area contributed by atoms with Crippen LogP contribution in [0.3, 0.4) is 0 Å². The molecule has 0 unspecified atom stereocenters. The fourth-order valence-electron chi connectivity index (χ4n) is 0. The van der Waals surface area contributed by atoms with Crippen LogP contribution < -0.4 is 103 Å². The summed E-state index contributed by atoms with van der Waals surface area (Å²) in [7, 11) is -4.67. The SMILES string of the molecule is Br.O=S(=O)(O)O.[H-].[H-].[K+].[K+]. The number of halogens is 1. The molecule has 0 saturated heterocycles. The molecular formula is H5BrK2O4S. The Labute approximate surface area is 146 Å². The van der Waals surface area contributed by atoms with Crippen molar-refractivity contribution >= 4 is 27.4 Å². The summed E-state index contributed by atoms with van der Waals surface area (Å²) < 4.78 is 31.6. The molecule has 0 heterocycles. The average molecular weight is 259 g/mol. The molecule has 0 aromatic carbocycles. The maximum Gasteiger partial charge on any atom is 1.00 e. The molecule has 0 saturated carbocycles. The molecule has 4 nitrogen and oxygen atoms in total. The van der Waals surface area contributed by atoms with Crippen LogP contribution in [-0.2, 0) is 10.4 Å². The van der Waals surface area contributed by atoms with Crippen LogP contribution in [0.4, 0.5) is 0 Å². The van der Waals surface area contributed by atoms with E-state index in [1.54, 1.807) is 0 Å². The first-order valence-electron chi connectivity index (χ1n) is 0.698. The van der Waals surface area contributed by atoms with Crippen molar-refractivity contribution in [3.8, 4) is 0 Å².